The third-order valence-corrected chi connectivity index (χ3v) is 6.03. The minimum atomic E-state index is -0.464. The maximum absolute atomic E-state index is 14.7. The number of nitrogens with zero attached hydrogens (tertiary/aromatic N) is 5. The molecule has 34 heavy (non-hydrogen) atoms. The van der Waals surface area contributed by atoms with Crippen molar-refractivity contribution in [2.24, 2.45) is 0 Å². The van der Waals surface area contributed by atoms with E-state index in [2.05, 4.69) is 37.6 Å². The molecule has 10 heteroatoms. The molecular weight excluding hydrogens is 437 g/mol. The Morgan fingerprint density at radius 2 is 2.06 bits per heavy atom. The van der Waals surface area contributed by atoms with E-state index in [1.54, 1.807) is 18.5 Å². The first-order valence-electron chi connectivity index (χ1n) is 11.4. The molecule has 0 bridgehead atoms. The van der Waals surface area contributed by atoms with Crippen LogP contribution in [-0.2, 0) is 12.8 Å². The summed E-state index contributed by atoms with van der Waals surface area (Å²) in [6, 6.07) is 5.24. The van der Waals surface area contributed by atoms with Gasteiger partial charge in [0, 0.05) is 43.8 Å². The highest BCUT2D eigenvalue weighted by Gasteiger charge is 2.19. The van der Waals surface area contributed by atoms with Gasteiger partial charge in [-0.15, -0.1) is 0 Å². The van der Waals surface area contributed by atoms with Gasteiger partial charge in [-0.1, -0.05) is 0 Å². The van der Waals surface area contributed by atoms with Crippen molar-refractivity contribution < 1.29 is 13.9 Å². The highest BCUT2D eigenvalue weighted by Crippen LogP contribution is 2.25. The average molecular weight is 468 g/mol. The number of nitrogens with one attached hydrogen (secondary N) is 2. The summed E-state index contributed by atoms with van der Waals surface area (Å²) in [5.74, 6) is 0.432. The third kappa shape index (κ3) is 5.51. The number of amides is 1. The lowest BCUT2D eigenvalue weighted by molar-refractivity contribution is 0.0962. The minimum Gasteiger partial charge on any atom is -0.494 e. The van der Waals surface area contributed by atoms with Gasteiger partial charge in [-0.25, -0.2) is 14.4 Å². The smallest absolute Gasteiger partial charge is 0.251 e. The first kappa shape index (κ1) is 23.6. The molecule has 1 fully saturated rings. The number of anilines is 2. The molecule has 4 rings (SSSR count). The molecule has 0 unspecified atom stereocenters. The van der Waals surface area contributed by atoms with Crippen molar-refractivity contribution in [1.29, 1.82) is 0 Å². The van der Waals surface area contributed by atoms with Gasteiger partial charge < -0.3 is 20.3 Å². The Labute approximate surface area is 198 Å². The Bertz CT molecular complexity index is 1130. The molecule has 1 aliphatic heterocycles. The van der Waals surface area contributed by atoms with Crippen molar-refractivity contribution in [3.8, 4) is 5.75 Å². The van der Waals surface area contributed by atoms with Gasteiger partial charge in [0.15, 0.2) is 17.4 Å². The number of piperidine rings is 1. The number of hydrogen-bond donors (Lipinski definition) is 2. The number of aromatic nitrogens is 4. The van der Waals surface area contributed by atoms with Crippen LogP contribution in [0.25, 0.3) is 0 Å². The Kier molecular flexibility index (Phi) is 7.36. The maximum atomic E-state index is 14.7. The summed E-state index contributed by atoms with van der Waals surface area (Å²) in [5, 5.41) is 10.3. The molecule has 0 aliphatic carbocycles. The number of hydrogen-bond acceptors (Lipinski definition) is 7. The quantitative estimate of drug-likeness (QED) is 0.526. The third-order valence-electron chi connectivity index (χ3n) is 6.03. The first-order valence-corrected chi connectivity index (χ1v) is 11.4. The van der Waals surface area contributed by atoms with Crippen LogP contribution < -0.4 is 15.4 Å². The SMILES string of the molecule is CNC(=O)c1cc(CCc2cnc(Nc3ccn([C@@H]4CCCN(C)C4)n3)nc2)c(F)c(OC)c1. The Morgan fingerprint density at radius 1 is 1.26 bits per heavy atom. The van der Waals surface area contributed by atoms with E-state index in [4.69, 9.17) is 4.74 Å². The van der Waals surface area contributed by atoms with Crippen molar-refractivity contribution >= 4 is 17.7 Å². The molecule has 3 heterocycles. The van der Waals surface area contributed by atoms with Gasteiger partial charge in [-0.2, -0.15) is 5.10 Å². The molecule has 0 saturated carbocycles. The van der Waals surface area contributed by atoms with E-state index in [0.717, 1.165) is 25.1 Å². The summed E-state index contributed by atoms with van der Waals surface area (Å²) in [4.78, 5) is 23.1. The lowest BCUT2D eigenvalue weighted by atomic mass is 10.0. The maximum Gasteiger partial charge on any atom is 0.251 e. The fourth-order valence-electron chi connectivity index (χ4n) is 4.17. The van der Waals surface area contributed by atoms with Gasteiger partial charge in [0.1, 0.15) is 0 Å². The van der Waals surface area contributed by atoms with Gasteiger partial charge in [0.2, 0.25) is 5.95 Å². The summed E-state index contributed by atoms with van der Waals surface area (Å²) < 4.78 is 21.8. The van der Waals surface area contributed by atoms with E-state index in [0.29, 0.717) is 41.8 Å². The Morgan fingerprint density at radius 3 is 2.76 bits per heavy atom. The molecule has 2 aromatic heterocycles. The van der Waals surface area contributed by atoms with E-state index in [1.165, 1.54) is 26.6 Å². The normalized spacial score (nSPS) is 16.3. The molecular formula is C24H30FN7O2. The van der Waals surface area contributed by atoms with E-state index in [-0.39, 0.29) is 11.7 Å². The zero-order valence-corrected chi connectivity index (χ0v) is 19.7. The van der Waals surface area contributed by atoms with Gasteiger partial charge in [-0.05, 0) is 62.5 Å². The number of benzene rings is 1. The van der Waals surface area contributed by atoms with Crippen molar-refractivity contribution in [2.45, 2.75) is 31.7 Å². The van der Waals surface area contributed by atoms with Crippen molar-refractivity contribution in [1.82, 2.24) is 30.0 Å². The molecule has 1 atom stereocenters. The van der Waals surface area contributed by atoms with Gasteiger partial charge in [-0.3, -0.25) is 9.48 Å². The number of aryl methyl sites for hydroxylation is 2. The molecule has 9 nitrogen and oxygen atoms in total. The number of likely N-dealkylation sites (N-methyl/N-ethyl adjacent to an activating group) is 1. The highest BCUT2D eigenvalue weighted by atomic mass is 19.1. The predicted octanol–water partition coefficient (Wildman–Crippen LogP) is 2.98. The average Bonchev–Trinajstić information content (AvgIpc) is 3.32. The zero-order chi connectivity index (χ0) is 24.1. The van der Waals surface area contributed by atoms with Crippen molar-refractivity contribution in [3.63, 3.8) is 0 Å². The van der Waals surface area contributed by atoms with Crippen LogP contribution in [0.5, 0.6) is 5.75 Å². The summed E-state index contributed by atoms with van der Waals surface area (Å²) in [7, 11) is 5.05. The van der Waals surface area contributed by atoms with Crippen molar-refractivity contribution in [2.75, 3.05) is 39.6 Å². The minimum absolute atomic E-state index is 0.0474. The van der Waals surface area contributed by atoms with Crippen molar-refractivity contribution in [3.05, 3.63) is 59.3 Å². The van der Waals surface area contributed by atoms with Crippen LogP contribution in [-0.4, -0.2) is 64.9 Å². The van der Waals surface area contributed by atoms with Crippen LogP contribution in [0.4, 0.5) is 16.2 Å². The van der Waals surface area contributed by atoms with Crippen LogP contribution in [0.2, 0.25) is 0 Å². The lowest BCUT2D eigenvalue weighted by Gasteiger charge is -2.29. The van der Waals surface area contributed by atoms with Gasteiger partial charge in [0.05, 0.1) is 13.2 Å². The monoisotopic (exact) mass is 467 g/mol. The molecule has 0 radical (unpaired) electrons. The molecule has 0 spiro atoms. The molecule has 1 saturated heterocycles. The summed E-state index contributed by atoms with van der Waals surface area (Å²) in [6.45, 7) is 2.12. The number of methoxy groups -OCH3 is 1. The first-order chi connectivity index (χ1) is 16.5. The molecule has 180 valence electrons. The van der Waals surface area contributed by atoms with Crippen LogP contribution in [0, 0.1) is 5.82 Å². The largest absolute Gasteiger partial charge is 0.494 e. The summed E-state index contributed by atoms with van der Waals surface area (Å²) in [5.41, 5.74) is 1.61. The molecule has 1 aliphatic rings. The topological polar surface area (TPSA) is 97.2 Å². The van der Waals surface area contributed by atoms with Crippen LogP contribution in [0.3, 0.4) is 0 Å². The number of ether oxygens (including phenoxy) is 1. The summed E-state index contributed by atoms with van der Waals surface area (Å²) >= 11 is 0. The Hall–Kier alpha value is -3.53. The highest BCUT2D eigenvalue weighted by molar-refractivity contribution is 5.94. The summed E-state index contributed by atoms with van der Waals surface area (Å²) in [6.07, 6.45) is 8.58. The number of carbonyl (C=O) groups excluding carboxylic acids is 1. The second-order valence-corrected chi connectivity index (χ2v) is 8.51. The molecule has 2 N–H and O–H groups in total. The fourth-order valence-corrected chi connectivity index (χ4v) is 4.17. The molecule has 1 amide bonds. The van der Waals surface area contributed by atoms with E-state index >= 15 is 0 Å². The second kappa shape index (κ2) is 10.6. The standard InChI is InChI=1S/C24H30FN7O2/c1-26-23(33)18-11-17(22(25)20(12-18)34-3)7-6-16-13-27-24(28-14-16)29-21-8-10-32(30-21)19-5-4-9-31(2)15-19/h8,10-14,19H,4-7,9,15H2,1-3H3,(H,26,33)(H,27,28,29,30)/t19-/m1/s1. The van der Waals surface area contributed by atoms with E-state index in [1.807, 2.05) is 16.9 Å². The van der Waals surface area contributed by atoms with Gasteiger partial charge in [0.25, 0.3) is 5.91 Å². The van der Waals surface area contributed by atoms with E-state index in [9.17, 15) is 9.18 Å². The van der Waals surface area contributed by atoms with Crippen LogP contribution >= 0.6 is 0 Å². The second-order valence-electron chi connectivity index (χ2n) is 8.51. The molecule has 1 aromatic carbocycles. The number of rotatable bonds is 8. The lowest BCUT2D eigenvalue weighted by Crippen LogP contribution is -2.33. The Balaban J connectivity index is 1.38. The van der Waals surface area contributed by atoms with E-state index < -0.39 is 5.82 Å². The fraction of sp³-hybridized carbons (Fsp3) is 0.417. The number of carbonyl (C=O) groups is 1. The van der Waals surface area contributed by atoms with Gasteiger partial charge >= 0.3 is 0 Å². The number of halogens is 1. The van der Waals surface area contributed by atoms with Crippen LogP contribution in [0.1, 0.15) is 40.4 Å². The predicted molar refractivity (Wildman–Crippen MR) is 127 cm³/mol. The molecule has 3 aromatic rings. The number of likely N-dealkylation sites (tertiary alicyclic amines) is 1. The van der Waals surface area contributed by atoms with Crippen LogP contribution in [0.15, 0.2) is 36.8 Å². The zero-order valence-electron chi connectivity index (χ0n) is 19.7.